The Labute approximate surface area is 284 Å². The number of likely N-dealkylation sites (tertiary alicyclic amines) is 2. The summed E-state index contributed by atoms with van der Waals surface area (Å²) < 4.78 is 0. The smallest absolute Gasteiger partial charge is 0.0161 e. The highest BCUT2D eigenvalue weighted by molar-refractivity contribution is 5.21. The molecule has 0 bridgehead atoms. The number of nitrogens with zero attached hydrogens (tertiary/aromatic N) is 2. The lowest BCUT2D eigenvalue weighted by Crippen LogP contribution is -2.61. The van der Waals surface area contributed by atoms with Gasteiger partial charge in [0.1, 0.15) is 0 Å². The molecule has 0 spiro atoms. The molecule has 0 N–H and O–H groups in total. The second-order valence-electron chi connectivity index (χ2n) is 18.1. The Kier molecular flexibility index (Phi) is 11.6. The zero-order chi connectivity index (χ0) is 33.9. The average molecular weight is 625 g/mol. The molecule has 0 amide bonds. The third kappa shape index (κ3) is 9.25. The fourth-order valence-corrected chi connectivity index (χ4v) is 10.0. The fourth-order valence-electron chi connectivity index (χ4n) is 10.0. The molecule has 254 valence electrons. The van der Waals surface area contributed by atoms with Crippen molar-refractivity contribution in [2.45, 2.75) is 155 Å². The SMILES string of the molecule is C=C(CCC(=C)CC1CC(C)(C)N(CC(C)c2ccccc2)C(C)(C)C1)CC1CC(C)(C)N(CC(C)c2ccccc2)C(C)(C)C1. The lowest BCUT2D eigenvalue weighted by molar-refractivity contribution is -0.0547. The van der Waals surface area contributed by atoms with Crippen LogP contribution in [0.2, 0.25) is 0 Å². The van der Waals surface area contributed by atoms with E-state index in [9.17, 15) is 0 Å². The van der Waals surface area contributed by atoms with Crippen LogP contribution < -0.4 is 0 Å². The molecule has 46 heavy (non-hydrogen) atoms. The van der Waals surface area contributed by atoms with Gasteiger partial charge < -0.3 is 0 Å². The molecular formula is C44H68N2. The molecule has 0 aromatic heterocycles. The minimum absolute atomic E-state index is 0.173. The van der Waals surface area contributed by atoms with Crippen molar-refractivity contribution in [3.05, 3.63) is 96.1 Å². The summed E-state index contributed by atoms with van der Waals surface area (Å²) in [6.45, 7) is 36.0. The first-order valence-electron chi connectivity index (χ1n) is 18.4. The van der Waals surface area contributed by atoms with E-state index in [0.29, 0.717) is 23.7 Å². The molecule has 0 aliphatic carbocycles. The van der Waals surface area contributed by atoms with Crippen molar-refractivity contribution < 1.29 is 0 Å². The van der Waals surface area contributed by atoms with Gasteiger partial charge in [-0.2, -0.15) is 0 Å². The van der Waals surface area contributed by atoms with Crippen LogP contribution in [0.25, 0.3) is 0 Å². The van der Waals surface area contributed by atoms with Crippen molar-refractivity contribution in [1.82, 2.24) is 9.80 Å². The van der Waals surface area contributed by atoms with Gasteiger partial charge in [0.25, 0.3) is 0 Å². The lowest BCUT2D eigenvalue weighted by atomic mass is 9.70. The molecule has 0 saturated carbocycles. The Hall–Kier alpha value is -2.16. The number of piperidine rings is 2. The molecule has 2 aliphatic heterocycles. The van der Waals surface area contributed by atoms with Gasteiger partial charge in [0.15, 0.2) is 0 Å². The zero-order valence-corrected chi connectivity index (χ0v) is 31.5. The van der Waals surface area contributed by atoms with Crippen LogP contribution in [0.15, 0.2) is 85.0 Å². The first-order chi connectivity index (χ1) is 21.4. The van der Waals surface area contributed by atoms with Crippen molar-refractivity contribution in [3.8, 4) is 0 Å². The third-order valence-corrected chi connectivity index (χ3v) is 11.7. The second-order valence-corrected chi connectivity index (χ2v) is 18.1. The molecule has 2 unspecified atom stereocenters. The van der Waals surface area contributed by atoms with E-state index in [0.717, 1.165) is 38.8 Å². The van der Waals surface area contributed by atoms with Gasteiger partial charge in [0, 0.05) is 35.2 Å². The number of hydrogen-bond acceptors (Lipinski definition) is 2. The van der Waals surface area contributed by atoms with Crippen molar-refractivity contribution in [1.29, 1.82) is 0 Å². The number of benzene rings is 2. The van der Waals surface area contributed by atoms with Gasteiger partial charge in [0.2, 0.25) is 0 Å². The van der Waals surface area contributed by atoms with Crippen molar-refractivity contribution in [2.24, 2.45) is 11.8 Å². The molecular weight excluding hydrogens is 556 g/mol. The number of allylic oxidation sites excluding steroid dienone is 2. The van der Waals surface area contributed by atoms with Gasteiger partial charge in [-0.15, -0.1) is 0 Å². The lowest BCUT2D eigenvalue weighted by Gasteiger charge is -2.56. The fraction of sp³-hybridized carbons (Fsp3) is 0.636. The summed E-state index contributed by atoms with van der Waals surface area (Å²) in [5.74, 6) is 2.44. The van der Waals surface area contributed by atoms with E-state index in [4.69, 9.17) is 0 Å². The predicted octanol–water partition coefficient (Wildman–Crippen LogP) is 11.8. The maximum atomic E-state index is 4.62. The first kappa shape index (κ1) is 36.7. The molecule has 2 heterocycles. The summed E-state index contributed by atoms with van der Waals surface area (Å²) in [5.41, 5.74) is 6.43. The highest BCUT2D eigenvalue weighted by Crippen LogP contribution is 2.46. The van der Waals surface area contributed by atoms with E-state index >= 15 is 0 Å². The van der Waals surface area contributed by atoms with E-state index in [1.807, 2.05) is 0 Å². The molecule has 2 aromatic carbocycles. The molecule has 2 heteroatoms. The van der Waals surface area contributed by atoms with Crippen LogP contribution in [0.4, 0.5) is 0 Å². The molecule has 2 atom stereocenters. The Balaban J connectivity index is 1.26. The average Bonchev–Trinajstić information content (AvgIpc) is 2.95. The summed E-state index contributed by atoms with van der Waals surface area (Å²) in [6.07, 6.45) is 9.44. The van der Waals surface area contributed by atoms with Crippen LogP contribution in [0.1, 0.15) is 144 Å². The van der Waals surface area contributed by atoms with E-state index < -0.39 is 0 Å². The second kappa shape index (κ2) is 14.5. The molecule has 4 rings (SSSR count). The summed E-state index contributed by atoms with van der Waals surface area (Å²) >= 11 is 0. The van der Waals surface area contributed by atoms with Crippen molar-refractivity contribution in [2.75, 3.05) is 13.1 Å². The van der Waals surface area contributed by atoms with Crippen LogP contribution >= 0.6 is 0 Å². The van der Waals surface area contributed by atoms with Gasteiger partial charge >= 0.3 is 0 Å². The summed E-state index contributed by atoms with van der Waals surface area (Å²) in [6, 6.07) is 22.1. The normalized spacial score (nSPS) is 23.1. The Morgan fingerprint density at radius 3 is 1.13 bits per heavy atom. The quantitative estimate of drug-likeness (QED) is 0.205. The topological polar surface area (TPSA) is 6.48 Å². The minimum Gasteiger partial charge on any atom is -0.292 e. The molecule has 2 aliphatic rings. The van der Waals surface area contributed by atoms with Gasteiger partial charge in [-0.3, -0.25) is 9.80 Å². The van der Waals surface area contributed by atoms with Crippen LogP contribution in [-0.2, 0) is 0 Å². The van der Waals surface area contributed by atoms with Gasteiger partial charge in [-0.1, -0.05) is 98.8 Å². The van der Waals surface area contributed by atoms with Crippen LogP contribution in [0, 0.1) is 11.8 Å². The maximum absolute atomic E-state index is 4.62. The van der Waals surface area contributed by atoms with Crippen molar-refractivity contribution in [3.63, 3.8) is 0 Å². The van der Waals surface area contributed by atoms with Crippen LogP contribution in [0.3, 0.4) is 0 Å². The van der Waals surface area contributed by atoms with Gasteiger partial charge in [-0.05, 0) is 142 Å². The number of rotatable bonds is 13. The van der Waals surface area contributed by atoms with E-state index in [1.165, 1.54) is 48.0 Å². The highest BCUT2D eigenvalue weighted by atomic mass is 15.3. The molecule has 0 radical (unpaired) electrons. The van der Waals surface area contributed by atoms with Crippen LogP contribution in [-0.4, -0.2) is 45.0 Å². The summed E-state index contributed by atoms with van der Waals surface area (Å²) in [4.78, 5) is 5.60. The summed E-state index contributed by atoms with van der Waals surface area (Å²) in [7, 11) is 0. The number of hydrogen-bond donors (Lipinski definition) is 0. The summed E-state index contributed by atoms with van der Waals surface area (Å²) in [5, 5.41) is 0. The Morgan fingerprint density at radius 2 is 0.848 bits per heavy atom. The molecule has 2 aromatic rings. The van der Waals surface area contributed by atoms with Crippen molar-refractivity contribution >= 4 is 0 Å². The van der Waals surface area contributed by atoms with Gasteiger partial charge in [-0.25, -0.2) is 0 Å². The molecule has 2 fully saturated rings. The zero-order valence-electron chi connectivity index (χ0n) is 31.5. The highest BCUT2D eigenvalue weighted by Gasteiger charge is 2.46. The third-order valence-electron chi connectivity index (χ3n) is 11.7. The standard InChI is InChI=1S/C44H68N2/c1-33(25-37-27-41(5,6)45(42(7,8)28-37)31-35(3)39-19-15-13-16-20-39)23-24-34(2)26-38-29-43(9,10)46(44(11,12)30-38)32-36(4)40-21-17-14-18-22-40/h13-22,35-38H,1-2,23-32H2,3-12H3. The Morgan fingerprint density at radius 1 is 0.565 bits per heavy atom. The predicted molar refractivity (Wildman–Crippen MR) is 202 cm³/mol. The Bertz CT molecular complexity index is 1150. The van der Waals surface area contributed by atoms with Gasteiger partial charge in [0.05, 0.1) is 0 Å². The monoisotopic (exact) mass is 625 g/mol. The molecule has 2 saturated heterocycles. The van der Waals surface area contributed by atoms with E-state index in [-0.39, 0.29) is 22.2 Å². The van der Waals surface area contributed by atoms with Crippen LogP contribution in [0.5, 0.6) is 0 Å². The molecule has 2 nitrogen and oxygen atoms in total. The van der Waals surface area contributed by atoms with E-state index in [2.05, 4.69) is 153 Å². The van der Waals surface area contributed by atoms with E-state index in [1.54, 1.807) is 0 Å². The largest absolute Gasteiger partial charge is 0.292 e. The minimum atomic E-state index is 0.173. The first-order valence-corrected chi connectivity index (χ1v) is 18.4. The maximum Gasteiger partial charge on any atom is 0.0161 e.